The number of benzene rings is 3. The van der Waals surface area contributed by atoms with Crippen LogP contribution in [0, 0.1) is 0 Å². The molecule has 0 fully saturated rings. The standard InChI is InChI=1S/C33H32N2O9S2/c1-6-44-33(37)28-27(20-13-15-23(41-3)25(18-20)43-5)29(46(38,39)21-10-8-7-9-11-21)30(34)35-31(36)26(45-32(28)35)17-19-12-14-22(40-2)24(16-19)42-4/h7-18,27H,6,34H2,1-5H3/b26-17+/t27-/m0/s1. The molecule has 13 heteroatoms. The summed E-state index contributed by atoms with van der Waals surface area (Å²) in [5.41, 5.74) is 6.98. The first-order chi connectivity index (χ1) is 22.1. The topological polar surface area (TPSA) is 145 Å². The van der Waals surface area contributed by atoms with Gasteiger partial charge in [0.15, 0.2) is 23.0 Å². The van der Waals surface area contributed by atoms with Gasteiger partial charge in [-0.1, -0.05) is 30.3 Å². The number of sulfone groups is 1. The third-order valence-corrected chi connectivity index (χ3v) is 10.4. The predicted molar refractivity (Wildman–Crippen MR) is 174 cm³/mol. The van der Waals surface area contributed by atoms with Crippen LogP contribution in [0.3, 0.4) is 0 Å². The van der Waals surface area contributed by atoms with Gasteiger partial charge < -0.3 is 29.4 Å². The smallest absolute Gasteiger partial charge is 0.338 e. The molecule has 46 heavy (non-hydrogen) atoms. The summed E-state index contributed by atoms with van der Waals surface area (Å²) in [6.45, 7) is 1.64. The number of hydrogen-bond acceptors (Lipinski definition) is 11. The molecule has 2 N–H and O–H groups in total. The highest BCUT2D eigenvalue weighted by molar-refractivity contribution is 7.95. The van der Waals surface area contributed by atoms with Crippen LogP contribution in [0.25, 0.3) is 17.5 Å². The van der Waals surface area contributed by atoms with Crippen LogP contribution in [0.5, 0.6) is 23.0 Å². The first-order valence-electron chi connectivity index (χ1n) is 14.0. The molecule has 5 rings (SSSR count). The van der Waals surface area contributed by atoms with Crippen molar-refractivity contribution in [1.82, 2.24) is 4.57 Å². The molecule has 0 radical (unpaired) electrons. The third kappa shape index (κ3) is 5.63. The van der Waals surface area contributed by atoms with E-state index in [2.05, 4.69) is 0 Å². The monoisotopic (exact) mass is 664 g/mol. The van der Waals surface area contributed by atoms with Crippen molar-refractivity contribution in [3.63, 3.8) is 0 Å². The number of fused-ring (bicyclic) bond motifs is 1. The second-order valence-corrected chi connectivity index (χ2v) is 12.9. The maximum atomic E-state index is 14.4. The minimum Gasteiger partial charge on any atom is -0.493 e. The van der Waals surface area contributed by atoms with Crippen LogP contribution in [-0.4, -0.2) is 54.0 Å². The molecular formula is C33H32N2O9S2. The third-order valence-electron chi connectivity index (χ3n) is 7.38. The number of nitrogens with two attached hydrogens (primary N) is 1. The fraction of sp³-hybridized carbons (Fsp3) is 0.212. The fourth-order valence-electron chi connectivity index (χ4n) is 5.27. The van der Waals surface area contributed by atoms with Crippen LogP contribution in [0.15, 0.2) is 81.3 Å². The van der Waals surface area contributed by atoms with Gasteiger partial charge in [0.05, 0.1) is 56.0 Å². The molecule has 1 aromatic heterocycles. The zero-order valence-electron chi connectivity index (χ0n) is 25.7. The molecule has 1 aliphatic rings. The van der Waals surface area contributed by atoms with Crippen molar-refractivity contribution in [3.8, 4) is 23.0 Å². The number of methoxy groups -OCH3 is 4. The van der Waals surface area contributed by atoms with E-state index in [0.29, 0.717) is 34.1 Å². The van der Waals surface area contributed by atoms with E-state index < -0.39 is 27.3 Å². The Labute approximate surface area is 269 Å². The van der Waals surface area contributed by atoms with Gasteiger partial charge in [-0.05, 0) is 60.5 Å². The Bertz CT molecular complexity index is 2130. The number of carbonyl (C=O) groups is 1. The summed E-state index contributed by atoms with van der Waals surface area (Å²) in [5.74, 6) is -0.765. The molecule has 240 valence electrons. The van der Waals surface area contributed by atoms with Gasteiger partial charge in [-0.25, -0.2) is 13.2 Å². The molecule has 0 aliphatic carbocycles. The molecule has 0 spiro atoms. The van der Waals surface area contributed by atoms with Crippen molar-refractivity contribution in [2.45, 2.75) is 17.7 Å². The molecule has 3 aromatic carbocycles. The lowest BCUT2D eigenvalue weighted by Gasteiger charge is -2.28. The normalized spacial score (nSPS) is 14.9. The van der Waals surface area contributed by atoms with E-state index in [1.54, 1.807) is 67.6 Å². The SMILES string of the molecule is CCOC(=O)C1=c2s/c(=C/c3ccc(OC)c(OC)c3)c(=O)n2C(N)=C(S(=O)(=O)c2ccccc2)[C@H]1c1ccc(OC)c(OC)c1. The number of carbonyl (C=O) groups excluding carboxylic acids is 1. The van der Waals surface area contributed by atoms with Crippen molar-refractivity contribution in [1.29, 1.82) is 0 Å². The number of allylic oxidation sites excluding steroid dienone is 1. The van der Waals surface area contributed by atoms with E-state index in [-0.39, 0.29) is 37.0 Å². The Balaban J connectivity index is 1.91. The lowest BCUT2D eigenvalue weighted by Crippen LogP contribution is -2.41. The van der Waals surface area contributed by atoms with Crippen molar-refractivity contribution >= 4 is 44.6 Å². The van der Waals surface area contributed by atoms with E-state index in [4.69, 9.17) is 29.4 Å². The number of ether oxygens (including phenoxy) is 5. The summed E-state index contributed by atoms with van der Waals surface area (Å²) in [5, 5.41) is 0. The zero-order chi connectivity index (χ0) is 33.2. The molecule has 0 amide bonds. The lowest BCUT2D eigenvalue weighted by atomic mass is 9.89. The van der Waals surface area contributed by atoms with Crippen LogP contribution in [-0.2, 0) is 19.4 Å². The number of thiazole rings is 1. The molecular weight excluding hydrogens is 633 g/mol. The van der Waals surface area contributed by atoms with Crippen LogP contribution < -0.4 is 39.4 Å². The lowest BCUT2D eigenvalue weighted by molar-refractivity contribution is -0.136. The highest BCUT2D eigenvalue weighted by Gasteiger charge is 2.42. The molecule has 1 aliphatic heterocycles. The minimum absolute atomic E-state index is 0.00118. The summed E-state index contributed by atoms with van der Waals surface area (Å²) < 4.78 is 57.4. The summed E-state index contributed by atoms with van der Waals surface area (Å²) in [6.07, 6.45) is 1.60. The molecule has 1 atom stereocenters. The quantitative estimate of drug-likeness (QED) is 0.251. The van der Waals surface area contributed by atoms with E-state index in [9.17, 15) is 18.0 Å². The number of aromatic nitrogens is 1. The summed E-state index contributed by atoms with van der Waals surface area (Å²) in [6, 6.07) is 17.6. The molecule has 0 unspecified atom stereocenters. The Kier molecular flexibility index (Phi) is 9.26. The largest absolute Gasteiger partial charge is 0.493 e. The van der Waals surface area contributed by atoms with Crippen LogP contribution in [0.1, 0.15) is 24.0 Å². The summed E-state index contributed by atoms with van der Waals surface area (Å²) in [4.78, 5) is 27.5. The summed E-state index contributed by atoms with van der Waals surface area (Å²) in [7, 11) is 1.53. The average Bonchev–Trinajstić information content (AvgIpc) is 3.39. The maximum Gasteiger partial charge on any atom is 0.338 e. The van der Waals surface area contributed by atoms with Gasteiger partial charge in [0.25, 0.3) is 5.56 Å². The Morgan fingerprint density at radius 1 is 0.891 bits per heavy atom. The van der Waals surface area contributed by atoms with Crippen molar-refractivity contribution in [3.05, 3.63) is 102 Å². The van der Waals surface area contributed by atoms with Crippen LogP contribution in [0.4, 0.5) is 0 Å². The van der Waals surface area contributed by atoms with E-state index in [1.807, 2.05) is 0 Å². The second-order valence-electron chi connectivity index (χ2n) is 9.92. The summed E-state index contributed by atoms with van der Waals surface area (Å²) >= 11 is 0.991. The predicted octanol–water partition coefficient (Wildman–Crippen LogP) is 2.84. The minimum atomic E-state index is -4.39. The molecule has 4 aromatic rings. The van der Waals surface area contributed by atoms with Gasteiger partial charge in [0.2, 0.25) is 9.84 Å². The van der Waals surface area contributed by atoms with Crippen molar-refractivity contribution in [2.75, 3.05) is 35.0 Å². The molecule has 0 bridgehead atoms. The highest BCUT2D eigenvalue weighted by atomic mass is 32.2. The van der Waals surface area contributed by atoms with Gasteiger partial charge in [0.1, 0.15) is 15.4 Å². The highest BCUT2D eigenvalue weighted by Crippen LogP contribution is 2.44. The molecule has 0 saturated heterocycles. The van der Waals surface area contributed by atoms with Gasteiger partial charge >= 0.3 is 5.97 Å². The van der Waals surface area contributed by atoms with Crippen molar-refractivity contribution < 1.29 is 36.9 Å². The Morgan fingerprint density at radius 2 is 1.50 bits per heavy atom. The number of hydrogen-bond donors (Lipinski definition) is 1. The van der Waals surface area contributed by atoms with Gasteiger partial charge in [0, 0.05) is 0 Å². The van der Waals surface area contributed by atoms with Crippen LogP contribution >= 0.6 is 11.3 Å². The first-order valence-corrected chi connectivity index (χ1v) is 16.3. The van der Waals surface area contributed by atoms with E-state index >= 15 is 0 Å². The Morgan fingerprint density at radius 3 is 2.11 bits per heavy atom. The van der Waals surface area contributed by atoms with Crippen molar-refractivity contribution in [2.24, 2.45) is 5.73 Å². The van der Waals surface area contributed by atoms with Gasteiger partial charge in [-0.2, -0.15) is 0 Å². The van der Waals surface area contributed by atoms with E-state index in [1.165, 1.54) is 40.6 Å². The molecule has 11 nitrogen and oxygen atoms in total. The molecule has 2 heterocycles. The second kappa shape index (κ2) is 13.2. The number of nitrogens with zero attached hydrogens (tertiary/aromatic N) is 1. The van der Waals surface area contributed by atoms with E-state index in [0.717, 1.165) is 15.9 Å². The molecule has 0 saturated carbocycles. The Hall–Kier alpha value is -5.01. The number of esters is 1. The zero-order valence-corrected chi connectivity index (χ0v) is 27.4. The number of rotatable bonds is 10. The first kappa shape index (κ1) is 32.4. The fourth-order valence-corrected chi connectivity index (χ4v) is 8.14. The van der Waals surface area contributed by atoms with Gasteiger partial charge in [-0.3, -0.25) is 9.36 Å². The average molecular weight is 665 g/mol. The van der Waals surface area contributed by atoms with Gasteiger partial charge in [-0.15, -0.1) is 11.3 Å². The maximum absolute atomic E-state index is 14.4. The van der Waals surface area contributed by atoms with Crippen LogP contribution in [0.2, 0.25) is 0 Å².